The van der Waals surface area contributed by atoms with Gasteiger partial charge in [-0.2, -0.15) is 0 Å². The molecule has 1 aromatic carbocycles. The number of carbonyl (C=O) groups is 3. The quantitative estimate of drug-likeness (QED) is 0.612. The third-order valence-electron chi connectivity index (χ3n) is 2.72. The van der Waals surface area contributed by atoms with Crippen molar-refractivity contribution in [1.29, 1.82) is 0 Å². The van der Waals surface area contributed by atoms with Crippen LogP contribution in [0.5, 0.6) is 0 Å². The summed E-state index contributed by atoms with van der Waals surface area (Å²) in [7, 11) is 0. The summed E-state index contributed by atoms with van der Waals surface area (Å²) < 4.78 is 0. The molecule has 0 aliphatic carbocycles. The largest absolute Gasteiger partial charge is 0.479 e. The maximum atomic E-state index is 11.8. The molecule has 0 spiro atoms. The number of ketones is 1. The Kier molecular flexibility index (Phi) is 6.86. The molecule has 0 bridgehead atoms. The van der Waals surface area contributed by atoms with Crippen molar-refractivity contribution >= 4 is 41.0 Å². The third-order valence-corrected chi connectivity index (χ3v) is 3.91. The predicted molar refractivity (Wildman–Crippen MR) is 84.4 cm³/mol. The van der Waals surface area contributed by atoms with Gasteiger partial charge in [0, 0.05) is 10.6 Å². The minimum absolute atomic E-state index is 0.00493. The van der Waals surface area contributed by atoms with Crippen molar-refractivity contribution in [2.24, 2.45) is 0 Å². The van der Waals surface area contributed by atoms with Gasteiger partial charge in [-0.05, 0) is 31.2 Å². The van der Waals surface area contributed by atoms with Gasteiger partial charge in [-0.1, -0.05) is 11.6 Å². The van der Waals surface area contributed by atoms with Crippen molar-refractivity contribution in [3.8, 4) is 0 Å². The van der Waals surface area contributed by atoms with Gasteiger partial charge in [-0.25, -0.2) is 4.79 Å². The molecule has 0 heterocycles. The molecule has 0 aliphatic rings. The standard InChI is InChI=1S/C14H16ClNO5S/c1-14(21,13(19)20)8-16-12(18)7-22-6-11(17)9-2-4-10(15)5-3-9/h2-5,21H,6-8H2,1H3,(H,16,18)(H,19,20). The van der Waals surface area contributed by atoms with E-state index in [0.717, 1.165) is 18.7 Å². The number of halogens is 1. The number of hydrogen-bond acceptors (Lipinski definition) is 5. The van der Waals surface area contributed by atoms with Crippen LogP contribution in [0.2, 0.25) is 5.02 Å². The second kappa shape index (κ2) is 8.17. The summed E-state index contributed by atoms with van der Waals surface area (Å²) in [6.07, 6.45) is 0. The first-order chi connectivity index (χ1) is 10.2. The smallest absolute Gasteiger partial charge is 0.337 e. The molecule has 0 saturated carbocycles. The molecule has 1 amide bonds. The fourth-order valence-electron chi connectivity index (χ4n) is 1.35. The van der Waals surface area contributed by atoms with Crippen molar-refractivity contribution in [3.63, 3.8) is 0 Å². The Morgan fingerprint density at radius 3 is 2.36 bits per heavy atom. The van der Waals surface area contributed by atoms with Gasteiger partial charge in [-0.15, -0.1) is 11.8 Å². The van der Waals surface area contributed by atoms with E-state index in [-0.39, 0.29) is 17.3 Å². The number of aliphatic carboxylic acids is 1. The second-order valence-corrected chi connectivity index (χ2v) is 6.20. The van der Waals surface area contributed by atoms with E-state index in [0.29, 0.717) is 10.6 Å². The van der Waals surface area contributed by atoms with E-state index < -0.39 is 24.0 Å². The minimum Gasteiger partial charge on any atom is -0.479 e. The van der Waals surface area contributed by atoms with Crippen molar-refractivity contribution in [3.05, 3.63) is 34.9 Å². The summed E-state index contributed by atoms with van der Waals surface area (Å²) in [6.45, 7) is 0.694. The zero-order valence-electron chi connectivity index (χ0n) is 11.8. The number of carbonyl (C=O) groups excluding carboxylic acids is 2. The molecule has 0 aliphatic heterocycles. The number of Topliss-reactive ketones (excluding diaryl/α,β-unsaturated/α-hetero) is 1. The Morgan fingerprint density at radius 1 is 1.23 bits per heavy atom. The highest BCUT2D eigenvalue weighted by atomic mass is 35.5. The van der Waals surface area contributed by atoms with E-state index in [1.807, 2.05) is 0 Å². The third kappa shape index (κ3) is 6.05. The van der Waals surface area contributed by atoms with Crippen molar-refractivity contribution in [1.82, 2.24) is 5.32 Å². The molecule has 1 aromatic rings. The monoisotopic (exact) mass is 345 g/mol. The molecule has 1 rings (SSSR count). The van der Waals surface area contributed by atoms with Crippen LogP contribution >= 0.6 is 23.4 Å². The average Bonchev–Trinajstić information content (AvgIpc) is 2.45. The number of thioether (sulfide) groups is 1. The van der Waals surface area contributed by atoms with E-state index in [2.05, 4.69) is 5.32 Å². The molecule has 0 saturated heterocycles. The molecule has 0 fully saturated rings. The van der Waals surface area contributed by atoms with Crippen molar-refractivity contribution < 1.29 is 24.6 Å². The highest BCUT2D eigenvalue weighted by Gasteiger charge is 2.30. The Labute approximate surface area is 136 Å². The first kappa shape index (κ1) is 18.5. The molecule has 3 N–H and O–H groups in total. The zero-order valence-corrected chi connectivity index (χ0v) is 13.4. The number of amides is 1. The molecule has 0 radical (unpaired) electrons. The fourth-order valence-corrected chi connectivity index (χ4v) is 2.22. The van der Waals surface area contributed by atoms with Gasteiger partial charge in [-0.3, -0.25) is 9.59 Å². The van der Waals surface area contributed by atoms with Crippen LogP contribution in [0.1, 0.15) is 17.3 Å². The van der Waals surface area contributed by atoms with Crippen molar-refractivity contribution in [2.75, 3.05) is 18.1 Å². The molecule has 0 aromatic heterocycles. The number of rotatable bonds is 8. The van der Waals surface area contributed by atoms with E-state index in [1.165, 1.54) is 0 Å². The number of nitrogens with one attached hydrogen (secondary N) is 1. The lowest BCUT2D eigenvalue weighted by atomic mass is 10.1. The Bertz CT molecular complexity index is 559. The Hall–Kier alpha value is -1.57. The number of hydrogen-bond donors (Lipinski definition) is 3. The lowest BCUT2D eigenvalue weighted by Gasteiger charge is -2.18. The molecule has 120 valence electrons. The number of carboxylic acid groups (broad SMARTS) is 1. The number of aliphatic hydroxyl groups is 1. The van der Waals surface area contributed by atoms with Gasteiger partial charge in [0.1, 0.15) is 0 Å². The lowest BCUT2D eigenvalue weighted by molar-refractivity contribution is -0.156. The van der Waals surface area contributed by atoms with Crippen LogP contribution < -0.4 is 5.32 Å². The summed E-state index contributed by atoms with van der Waals surface area (Å²) in [5.74, 6) is -1.89. The maximum Gasteiger partial charge on any atom is 0.337 e. The van der Waals surface area contributed by atoms with E-state index in [9.17, 15) is 19.5 Å². The molecule has 6 nitrogen and oxygen atoms in total. The SMILES string of the molecule is CC(O)(CNC(=O)CSCC(=O)c1ccc(Cl)cc1)C(=O)O. The molecule has 1 unspecified atom stereocenters. The minimum atomic E-state index is -2.01. The zero-order chi connectivity index (χ0) is 16.8. The number of benzene rings is 1. The maximum absolute atomic E-state index is 11.8. The Balaban J connectivity index is 2.32. The van der Waals surface area contributed by atoms with Gasteiger partial charge in [0.05, 0.1) is 18.1 Å². The van der Waals surface area contributed by atoms with Crippen LogP contribution in [0.15, 0.2) is 24.3 Å². The summed E-state index contributed by atoms with van der Waals surface area (Å²) in [5, 5.41) is 21.0. The highest BCUT2D eigenvalue weighted by Crippen LogP contribution is 2.12. The van der Waals surface area contributed by atoms with Crippen LogP contribution in [0.3, 0.4) is 0 Å². The van der Waals surface area contributed by atoms with Gasteiger partial charge in [0.15, 0.2) is 11.4 Å². The first-order valence-electron chi connectivity index (χ1n) is 6.31. The van der Waals surface area contributed by atoms with Gasteiger partial charge < -0.3 is 15.5 Å². The Morgan fingerprint density at radius 2 is 1.82 bits per heavy atom. The van der Waals surface area contributed by atoms with Crippen LogP contribution in [0, 0.1) is 0 Å². The molecular formula is C14H16ClNO5S. The highest BCUT2D eigenvalue weighted by molar-refractivity contribution is 8.00. The van der Waals surface area contributed by atoms with Crippen LogP contribution in [-0.2, 0) is 9.59 Å². The summed E-state index contributed by atoms with van der Waals surface area (Å²) in [4.78, 5) is 34.0. The van der Waals surface area contributed by atoms with Crippen LogP contribution in [-0.4, -0.2) is 51.5 Å². The predicted octanol–water partition coefficient (Wildman–Crippen LogP) is 1.21. The summed E-state index contributed by atoms with van der Waals surface area (Å²) in [5.41, 5.74) is -1.51. The van der Waals surface area contributed by atoms with E-state index in [4.69, 9.17) is 16.7 Å². The van der Waals surface area contributed by atoms with Crippen LogP contribution in [0.4, 0.5) is 0 Å². The van der Waals surface area contributed by atoms with E-state index >= 15 is 0 Å². The van der Waals surface area contributed by atoms with Gasteiger partial charge >= 0.3 is 5.97 Å². The average molecular weight is 346 g/mol. The second-order valence-electron chi connectivity index (χ2n) is 4.78. The van der Waals surface area contributed by atoms with Crippen LogP contribution in [0.25, 0.3) is 0 Å². The molecule has 22 heavy (non-hydrogen) atoms. The molecule has 1 atom stereocenters. The molecule has 8 heteroatoms. The topological polar surface area (TPSA) is 104 Å². The van der Waals surface area contributed by atoms with Gasteiger partial charge in [0.2, 0.25) is 5.91 Å². The summed E-state index contributed by atoms with van der Waals surface area (Å²) in [6, 6.07) is 6.44. The van der Waals surface area contributed by atoms with E-state index in [1.54, 1.807) is 24.3 Å². The first-order valence-corrected chi connectivity index (χ1v) is 7.84. The molecular weight excluding hydrogens is 330 g/mol. The number of carboxylic acids is 1. The lowest BCUT2D eigenvalue weighted by Crippen LogP contribution is -2.47. The fraction of sp³-hybridized carbons (Fsp3) is 0.357. The van der Waals surface area contributed by atoms with Gasteiger partial charge in [0.25, 0.3) is 0 Å². The summed E-state index contributed by atoms with van der Waals surface area (Å²) >= 11 is 6.83. The van der Waals surface area contributed by atoms with Crippen molar-refractivity contribution in [2.45, 2.75) is 12.5 Å². The normalized spacial score (nSPS) is 13.2.